The first-order valence-electron chi connectivity index (χ1n) is 4.41. The Morgan fingerprint density at radius 1 is 1.47 bits per heavy atom. The van der Waals surface area contributed by atoms with Crippen LogP contribution < -0.4 is 5.73 Å². The van der Waals surface area contributed by atoms with Gasteiger partial charge in [-0.15, -0.1) is 0 Å². The minimum Gasteiger partial charge on any atom is -0.382 e. The molecule has 0 unspecified atom stereocenters. The Morgan fingerprint density at radius 3 is 3.00 bits per heavy atom. The summed E-state index contributed by atoms with van der Waals surface area (Å²) < 4.78 is 1.81. The molecular formula is C10H9N5. The average molecular weight is 199 g/mol. The molecule has 0 bridgehead atoms. The normalized spacial score (nSPS) is 9.80. The number of nitrogens with two attached hydrogens (primary N) is 1. The highest BCUT2D eigenvalue weighted by Gasteiger charge is 2.03. The zero-order valence-electron chi connectivity index (χ0n) is 7.96. The molecule has 5 heteroatoms. The van der Waals surface area contributed by atoms with Crippen molar-refractivity contribution in [2.24, 2.45) is 0 Å². The van der Waals surface area contributed by atoms with Crippen molar-refractivity contribution < 1.29 is 0 Å². The third-order valence-electron chi connectivity index (χ3n) is 2.00. The van der Waals surface area contributed by atoms with Crippen molar-refractivity contribution in [3.05, 3.63) is 42.1 Å². The highest BCUT2D eigenvalue weighted by atomic mass is 15.1. The van der Waals surface area contributed by atoms with E-state index in [1.807, 2.05) is 16.7 Å². The van der Waals surface area contributed by atoms with Crippen LogP contribution in [0.3, 0.4) is 0 Å². The van der Waals surface area contributed by atoms with Gasteiger partial charge in [-0.3, -0.25) is 0 Å². The largest absolute Gasteiger partial charge is 0.382 e. The van der Waals surface area contributed by atoms with Crippen molar-refractivity contribution in [3.8, 4) is 6.07 Å². The van der Waals surface area contributed by atoms with Crippen LogP contribution in [0.25, 0.3) is 0 Å². The first-order chi connectivity index (χ1) is 7.29. The highest BCUT2D eigenvalue weighted by molar-refractivity contribution is 5.31. The molecule has 0 atom stereocenters. The van der Waals surface area contributed by atoms with E-state index in [1.54, 1.807) is 24.8 Å². The van der Waals surface area contributed by atoms with Crippen molar-refractivity contribution in [2.75, 3.05) is 5.73 Å². The molecule has 0 spiro atoms. The van der Waals surface area contributed by atoms with Crippen molar-refractivity contribution in [2.45, 2.75) is 6.54 Å². The molecule has 0 aromatic carbocycles. The molecule has 2 heterocycles. The van der Waals surface area contributed by atoms with Crippen molar-refractivity contribution in [3.63, 3.8) is 0 Å². The number of nitrogen functional groups attached to an aromatic ring is 1. The van der Waals surface area contributed by atoms with Crippen LogP contribution in [-0.2, 0) is 6.54 Å². The number of aromatic nitrogens is 3. The van der Waals surface area contributed by atoms with Gasteiger partial charge in [-0.25, -0.2) is 9.97 Å². The lowest BCUT2D eigenvalue weighted by Crippen LogP contribution is -2.00. The summed E-state index contributed by atoms with van der Waals surface area (Å²) in [5.41, 5.74) is 6.78. The third kappa shape index (κ3) is 1.94. The zero-order chi connectivity index (χ0) is 10.7. The number of imidazole rings is 1. The summed E-state index contributed by atoms with van der Waals surface area (Å²) >= 11 is 0. The summed E-state index contributed by atoms with van der Waals surface area (Å²) in [5.74, 6) is 0.470. The Bertz CT molecular complexity index is 509. The summed E-state index contributed by atoms with van der Waals surface area (Å²) in [6.45, 7) is 0.556. The van der Waals surface area contributed by atoms with E-state index in [0.29, 0.717) is 18.1 Å². The van der Waals surface area contributed by atoms with Crippen molar-refractivity contribution in [1.82, 2.24) is 14.5 Å². The molecule has 0 fully saturated rings. The maximum atomic E-state index is 8.84. The van der Waals surface area contributed by atoms with E-state index in [4.69, 9.17) is 11.0 Å². The third-order valence-corrected chi connectivity index (χ3v) is 2.00. The lowest BCUT2D eigenvalue weighted by atomic mass is 10.2. The van der Waals surface area contributed by atoms with E-state index in [9.17, 15) is 0 Å². The smallest absolute Gasteiger partial charge is 0.145 e. The second-order valence-corrected chi connectivity index (χ2v) is 3.09. The van der Waals surface area contributed by atoms with Crippen LogP contribution in [0.5, 0.6) is 0 Å². The first-order valence-corrected chi connectivity index (χ1v) is 4.41. The summed E-state index contributed by atoms with van der Waals surface area (Å²) in [6, 6.07) is 5.71. The molecule has 2 aromatic rings. The lowest BCUT2D eigenvalue weighted by molar-refractivity contribution is 0.790. The second-order valence-electron chi connectivity index (χ2n) is 3.09. The molecule has 74 valence electrons. The Morgan fingerprint density at radius 2 is 2.33 bits per heavy atom. The monoisotopic (exact) mass is 199 g/mol. The van der Waals surface area contributed by atoms with Crippen molar-refractivity contribution in [1.29, 1.82) is 5.26 Å². The quantitative estimate of drug-likeness (QED) is 0.775. The first kappa shape index (κ1) is 9.21. The fourth-order valence-electron chi connectivity index (χ4n) is 1.33. The predicted molar refractivity (Wildman–Crippen MR) is 54.7 cm³/mol. The van der Waals surface area contributed by atoms with Gasteiger partial charge in [-0.2, -0.15) is 5.26 Å². The molecular weight excluding hydrogens is 190 g/mol. The van der Waals surface area contributed by atoms with E-state index in [1.165, 1.54) is 0 Å². The van der Waals surface area contributed by atoms with E-state index < -0.39 is 0 Å². The Labute approximate surface area is 86.8 Å². The van der Waals surface area contributed by atoms with Gasteiger partial charge in [0.05, 0.1) is 12.9 Å². The molecule has 2 N–H and O–H groups in total. The van der Waals surface area contributed by atoms with Crippen LogP contribution in [0.15, 0.2) is 30.9 Å². The fourth-order valence-corrected chi connectivity index (χ4v) is 1.33. The molecule has 2 aromatic heterocycles. The molecule has 5 nitrogen and oxygen atoms in total. The lowest BCUT2D eigenvalue weighted by Gasteiger charge is -2.02. The number of hydrogen-bond acceptors (Lipinski definition) is 4. The van der Waals surface area contributed by atoms with Gasteiger partial charge in [0.1, 0.15) is 17.6 Å². The van der Waals surface area contributed by atoms with Gasteiger partial charge >= 0.3 is 0 Å². The molecule has 2 rings (SSSR count). The van der Waals surface area contributed by atoms with Gasteiger partial charge in [0.15, 0.2) is 0 Å². The standard InChI is InChI=1S/C10H9N5/c11-4-9-8(2-1-3-13-9)5-15-6-10(12)14-7-15/h1-3,6-7H,5,12H2. The minimum atomic E-state index is 0.435. The second kappa shape index (κ2) is 3.80. The van der Waals surface area contributed by atoms with Crippen LogP contribution in [-0.4, -0.2) is 14.5 Å². The molecule has 15 heavy (non-hydrogen) atoms. The van der Waals surface area contributed by atoms with Crippen LogP contribution >= 0.6 is 0 Å². The predicted octanol–water partition coefficient (Wildman–Crippen LogP) is 0.780. The highest BCUT2D eigenvalue weighted by Crippen LogP contribution is 2.07. The molecule has 0 aliphatic carbocycles. The summed E-state index contributed by atoms with van der Waals surface area (Å²) in [5, 5.41) is 8.84. The number of hydrogen-bond donors (Lipinski definition) is 1. The van der Waals surface area contributed by atoms with Crippen LogP contribution in [0.1, 0.15) is 11.3 Å². The van der Waals surface area contributed by atoms with Crippen LogP contribution in [0.4, 0.5) is 5.82 Å². The average Bonchev–Trinajstić information content (AvgIpc) is 2.65. The molecule has 0 amide bonds. The molecule has 0 aliphatic rings. The van der Waals surface area contributed by atoms with Crippen LogP contribution in [0, 0.1) is 11.3 Å². The Hall–Kier alpha value is -2.35. The van der Waals surface area contributed by atoms with E-state index in [2.05, 4.69) is 9.97 Å². The topological polar surface area (TPSA) is 80.5 Å². The van der Waals surface area contributed by atoms with E-state index in [-0.39, 0.29) is 0 Å². The summed E-state index contributed by atoms with van der Waals surface area (Å²) in [7, 11) is 0. The van der Waals surface area contributed by atoms with Gasteiger partial charge in [-0.05, 0) is 6.07 Å². The number of anilines is 1. The number of nitrogens with zero attached hydrogens (tertiary/aromatic N) is 4. The fraction of sp³-hybridized carbons (Fsp3) is 0.100. The number of pyridine rings is 1. The number of nitriles is 1. The molecule has 0 radical (unpaired) electrons. The Kier molecular flexibility index (Phi) is 2.33. The SMILES string of the molecule is N#Cc1ncccc1Cn1cnc(N)c1. The molecule has 0 saturated heterocycles. The number of rotatable bonds is 2. The van der Waals surface area contributed by atoms with E-state index in [0.717, 1.165) is 5.56 Å². The summed E-state index contributed by atoms with van der Waals surface area (Å²) in [6.07, 6.45) is 4.95. The Balaban J connectivity index is 2.28. The molecule has 0 aliphatic heterocycles. The maximum absolute atomic E-state index is 8.84. The summed E-state index contributed by atoms with van der Waals surface area (Å²) in [4.78, 5) is 7.88. The van der Waals surface area contributed by atoms with Crippen molar-refractivity contribution >= 4 is 5.82 Å². The maximum Gasteiger partial charge on any atom is 0.145 e. The zero-order valence-corrected chi connectivity index (χ0v) is 7.96. The van der Waals surface area contributed by atoms with Crippen LogP contribution in [0.2, 0.25) is 0 Å². The van der Waals surface area contributed by atoms with Gasteiger partial charge in [-0.1, -0.05) is 6.07 Å². The van der Waals surface area contributed by atoms with E-state index >= 15 is 0 Å². The van der Waals surface area contributed by atoms with Gasteiger partial charge in [0.2, 0.25) is 0 Å². The van der Waals surface area contributed by atoms with Gasteiger partial charge in [0, 0.05) is 18.0 Å². The molecule has 0 saturated carbocycles. The minimum absolute atomic E-state index is 0.435. The van der Waals surface area contributed by atoms with Gasteiger partial charge in [0.25, 0.3) is 0 Å². The van der Waals surface area contributed by atoms with Gasteiger partial charge < -0.3 is 10.3 Å².